The van der Waals surface area contributed by atoms with E-state index < -0.39 is 5.76 Å². The normalized spacial score (nSPS) is 10.4. The van der Waals surface area contributed by atoms with Crippen molar-refractivity contribution in [2.24, 2.45) is 0 Å². The fraction of sp³-hybridized carbons (Fsp3) is 0.438. The van der Waals surface area contributed by atoms with Gasteiger partial charge in [0, 0.05) is 12.2 Å². The third-order valence-corrected chi connectivity index (χ3v) is 3.37. The van der Waals surface area contributed by atoms with Crippen LogP contribution in [0.4, 0.5) is 10.5 Å². The Kier molecular flexibility index (Phi) is 6.41. The Morgan fingerprint density at radius 2 is 2.17 bits per heavy atom. The molecule has 0 saturated heterocycles. The summed E-state index contributed by atoms with van der Waals surface area (Å²) < 4.78 is 10.6. The molecule has 0 spiro atoms. The number of ether oxygens (including phenoxy) is 1. The molecule has 1 heterocycles. The van der Waals surface area contributed by atoms with E-state index in [-0.39, 0.29) is 12.1 Å². The SMILES string of the molecule is CCCCCCNC(=O)Nc1cccc(-n2nc(OC)oc2=O)c1. The number of amides is 2. The van der Waals surface area contributed by atoms with Crippen molar-refractivity contribution in [3.8, 4) is 11.8 Å². The molecule has 0 aliphatic rings. The van der Waals surface area contributed by atoms with Crippen LogP contribution >= 0.6 is 0 Å². The van der Waals surface area contributed by atoms with Gasteiger partial charge in [-0.15, -0.1) is 0 Å². The van der Waals surface area contributed by atoms with E-state index in [9.17, 15) is 9.59 Å². The van der Waals surface area contributed by atoms with Gasteiger partial charge in [0.05, 0.1) is 12.8 Å². The molecule has 8 heteroatoms. The number of hydrogen-bond acceptors (Lipinski definition) is 5. The van der Waals surface area contributed by atoms with E-state index in [0.29, 0.717) is 17.9 Å². The van der Waals surface area contributed by atoms with E-state index in [4.69, 9.17) is 9.15 Å². The molecule has 0 atom stereocenters. The van der Waals surface area contributed by atoms with E-state index >= 15 is 0 Å². The van der Waals surface area contributed by atoms with Gasteiger partial charge in [-0.25, -0.2) is 9.59 Å². The third-order valence-electron chi connectivity index (χ3n) is 3.37. The maximum absolute atomic E-state index is 11.9. The number of aromatic nitrogens is 2. The van der Waals surface area contributed by atoms with Gasteiger partial charge in [-0.2, -0.15) is 4.68 Å². The topological polar surface area (TPSA) is 98.4 Å². The van der Waals surface area contributed by atoms with Crippen LogP contribution in [0.3, 0.4) is 0 Å². The first-order chi connectivity index (χ1) is 11.6. The second-order valence-corrected chi connectivity index (χ2v) is 5.24. The monoisotopic (exact) mass is 334 g/mol. The van der Waals surface area contributed by atoms with Crippen molar-refractivity contribution in [1.29, 1.82) is 0 Å². The van der Waals surface area contributed by atoms with Gasteiger partial charge in [-0.05, 0) is 24.6 Å². The van der Waals surface area contributed by atoms with Crippen LogP contribution < -0.4 is 21.1 Å². The number of methoxy groups -OCH3 is 1. The molecular weight excluding hydrogens is 312 g/mol. The average Bonchev–Trinajstić information content (AvgIpc) is 2.96. The van der Waals surface area contributed by atoms with Crippen LogP contribution in [0.25, 0.3) is 5.69 Å². The van der Waals surface area contributed by atoms with Crippen molar-refractivity contribution in [2.75, 3.05) is 19.0 Å². The molecular formula is C16H22N4O4. The zero-order valence-corrected chi connectivity index (χ0v) is 13.9. The second-order valence-electron chi connectivity index (χ2n) is 5.24. The molecule has 1 aromatic carbocycles. The number of benzene rings is 1. The number of urea groups is 1. The van der Waals surface area contributed by atoms with E-state index in [1.807, 2.05) is 0 Å². The third kappa shape index (κ3) is 4.87. The summed E-state index contributed by atoms with van der Waals surface area (Å²) in [5, 5.41) is 9.41. The highest BCUT2D eigenvalue weighted by Crippen LogP contribution is 2.14. The molecule has 2 rings (SSSR count). The molecule has 2 N–H and O–H groups in total. The Bertz CT molecular complexity index is 723. The predicted molar refractivity (Wildman–Crippen MR) is 89.8 cm³/mol. The molecule has 0 bridgehead atoms. The van der Waals surface area contributed by atoms with Crippen molar-refractivity contribution in [2.45, 2.75) is 32.6 Å². The largest absolute Gasteiger partial charge is 0.452 e. The fourth-order valence-corrected chi connectivity index (χ4v) is 2.15. The van der Waals surface area contributed by atoms with Gasteiger partial charge in [0.1, 0.15) is 0 Å². The first kappa shape index (κ1) is 17.6. The zero-order valence-electron chi connectivity index (χ0n) is 13.9. The summed E-state index contributed by atoms with van der Waals surface area (Å²) in [4.78, 5) is 23.6. The molecule has 0 fully saturated rings. The minimum Gasteiger partial charge on any atom is -0.452 e. The minimum atomic E-state index is -0.663. The van der Waals surface area contributed by atoms with E-state index in [2.05, 4.69) is 22.7 Å². The highest BCUT2D eigenvalue weighted by Gasteiger charge is 2.10. The molecule has 1 aromatic heterocycles. The Labute approximate surface area is 139 Å². The van der Waals surface area contributed by atoms with Gasteiger partial charge < -0.3 is 19.8 Å². The Balaban J connectivity index is 1.96. The van der Waals surface area contributed by atoms with Gasteiger partial charge in [0.15, 0.2) is 0 Å². The minimum absolute atomic E-state index is 0.122. The Morgan fingerprint density at radius 1 is 1.33 bits per heavy atom. The molecule has 2 aromatic rings. The van der Waals surface area contributed by atoms with Crippen LogP contribution in [0.2, 0.25) is 0 Å². The van der Waals surface area contributed by atoms with Gasteiger partial charge >= 0.3 is 17.9 Å². The van der Waals surface area contributed by atoms with E-state index in [0.717, 1.165) is 23.9 Å². The summed E-state index contributed by atoms with van der Waals surface area (Å²) in [7, 11) is 1.36. The number of unbranched alkanes of at least 4 members (excludes halogenated alkanes) is 3. The highest BCUT2D eigenvalue weighted by molar-refractivity contribution is 5.89. The molecule has 0 saturated carbocycles. The quantitative estimate of drug-likeness (QED) is 0.723. The lowest BCUT2D eigenvalue weighted by molar-refractivity contribution is 0.252. The van der Waals surface area contributed by atoms with Crippen molar-refractivity contribution in [3.63, 3.8) is 0 Å². The molecule has 0 unspecified atom stereocenters. The Hall–Kier alpha value is -2.77. The van der Waals surface area contributed by atoms with Crippen LogP contribution in [0.15, 0.2) is 33.5 Å². The summed E-state index contributed by atoms with van der Waals surface area (Å²) in [6, 6.07) is 6.45. The van der Waals surface area contributed by atoms with E-state index in [1.165, 1.54) is 13.5 Å². The van der Waals surface area contributed by atoms with Gasteiger partial charge in [0.25, 0.3) is 0 Å². The van der Waals surface area contributed by atoms with Crippen molar-refractivity contribution < 1.29 is 13.9 Å². The van der Waals surface area contributed by atoms with Crippen LogP contribution in [-0.2, 0) is 0 Å². The number of nitrogens with one attached hydrogen (secondary N) is 2. The van der Waals surface area contributed by atoms with Gasteiger partial charge in [-0.1, -0.05) is 37.4 Å². The number of carbonyl (C=O) groups is 1. The molecule has 130 valence electrons. The van der Waals surface area contributed by atoms with Crippen LogP contribution in [0.1, 0.15) is 32.6 Å². The summed E-state index contributed by atoms with van der Waals surface area (Å²) in [5.74, 6) is -0.663. The van der Waals surface area contributed by atoms with Gasteiger partial charge in [0.2, 0.25) is 0 Å². The lowest BCUT2D eigenvalue weighted by atomic mass is 10.2. The maximum atomic E-state index is 11.9. The average molecular weight is 334 g/mol. The highest BCUT2D eigenvalue weighted by atomic mass is 16.6. The molecule has 24 heavy (non-hydrogen) atoms. The van der Waals surface area contributed by atoms with Crippen molar-refractivity contribution in [3.05, 3.63) is 34.8 Å². The van der Waals surface area contributed by atoms with Gasteiger partial charge in [-0.3, -0.25) is 0 Å². The standard InChI is InChI=1S/C16H22N4O4/c1-3-4-5-6-10-17-14(21)18-12-8-7-9-13(11-12)20-16(22)24-15(19-20)23-2/h7-9,11H,3-6,10H2,1-2H3,(H2,17,18,21). The number of rotatable bonds is 8. The lowest BCUT2D eigenvalue weighted by Crippen LogP contribution is -2.29. The molecule has 0 aliphatic carbocycles. The smallest absolute Gasteiger partial charge is 0.444 e. The van der Waals surface area contributed by atoms with Crippen molar-refractivity contribution in [1.82, 2.24) is 15.1 Å². The number of anilines is 1. The zero-order chi connectivity index (χ0) is 17.4. The van der Waals surface area contributed by atoms with E-state index in [1.54, 1.807) is 24.3 Å². The van der Waals surface area contributed by atoms with Crippen LogP contribution in [-0.4, -0.2) is 29.5 Å². The number of nitrogens with zero attached hydrogens (tertiary/aromatic N) is 2. The summed E-state index contributed by atoms with van der Waals surface area (Å²) in [6.07, 6.45) is 4.26. The van der Waals surface area contributed by atoms with Crippen LogP contribution in [0.5, 0.6) is 6.08 Å². The summed E-state index contributed by atoms with van der Waals surface area (Å²) in [6.45, 7) is 2.77. The first-order valence-electron chi connectivity index (χ1n) is 7.93. The second kappa shape index (κ2) is 8.76. The summed E-state index contributed by atoms with van der Waals surface area (Å²) in [5.41, 5.74) is 1.01. The maximum Gasteiger partial charge on any atom is 0.444 e. The molecule has 0 radical (unpaired) electrons. The Morgan fingerprint density at radius 3 is 2.88 bits per heavy atom. The summed E-state index contributed by atoms with van der Waals surface area (Å²) >= 11 is 0. The number of carbonyl (C=O) groups excluding carboxylic acids is 1. The van der Waals surface area contributed by atoms with Crippen molar-refractivity contribution >= 4 is 11.7 Å². The molecule has 8 nitrogen and oxygen atoms in total. The number of hydrogen-bond donors (Lipinski definition) is 2. The molecule has 2 amide bonds. The molecule has 0 aliphatic heterocycles. The predicted octanol–water partition coefficient (Wildman–Crippen LogP) is 2.54. The first-order valence-corrected chi connectivity index (χ1v) is 7.93. The van der Waals surface area contributed by atoms with Crippen LogP contribution in [0, 0.1) is 0 Å². The fourth-order valence-electron chi connectivity index (χ4n) is 2.15. The lowest BCUT2D eigenvalue weighted by Gasteiger charge is -2.08.